The fourth-order valence-corrected chi connectivity index (χ4v) is 5.02. The van der Waals surface area contributed by atoms with Crippen molar-refractivity contribution in [1.82, 2.24) is 14.8 Å². The van der Waals surface area contributed by atoms with Gasteiger partial charge < -0.3 is 4.90 Å². The molecule has 0 atom stereocenters. The minimum Gasteiger partial charge on any atom is -0.339 e. The van der Waals surface area contributed by atoms with Crippen LogP contribution in [-0.2, 0) is 11.3 Å². The molecule has 2 aromatic carbocycles. The maximum absolute atomic E-state index is 13.0. The summed E-state index contributed by atoms with van der Waals surface area (Å²) >= 11 is 9.06. The van der Waals surface area contributed by atoms with Crippen molar-refractivity contribution in [3.63, 3.8) is 0 Å². The van der Waals surface area contributed by atoms with Gasteiger partial charge in [-0.25, -0.2) is 9.37 Å². The fourth-order valence-electron chi connectivity index (χ4n) is 3.25. The number of carbonyl (C=O) groups excluding carboxylic acids is 1. The van der Waals surface area contributed by atoms with Gasteiger partial charge in [0.05, 0.1) is 18.0 Å². The largest absolute Gasteiger partial charge is 0.339 e. The predicted octanol–water partition coefficient (Wildman–Crippen LogP) is 5.04. The highest BCUT2D eigenvalue weighted by Crippen LogP contribution is 2.24. The molecule has 0 N–H and O–H groups in total. The molecule has 8 heteroatoms. The molecule has 30 heavy (non-hydrogen) atoms. The van der Waals surface area contributed by atoms with Crippen molar-refractivity contribution in [2.75, 3.05) is 31.9 Å². The van der Waals surface area contributed by atoms with Gasteiger partial charge in [-0.3, -0.25) is 9.69 Å². The van der Waals surface area contributed by atoms with Crippen molar-refractivity contribution in [2.24, 2.45) is 0 Å². The van der Waals surface area contributed by atoms with Gasteiger partial charge in [0.25, 0.3) is 0 Å². The van der Waals surface area contributed by atoms with E-state index in [4.69, 9.17) is 16.6 Å². The molecule has 1 aliphatic heterocycles. The number of amides is 1. The quantitative estimate of drug-likeness (QED) is 0.482. The highest BCUT2D eigenvalue weighted by atomic mass is 35.5. The van der Waals surface area contributed by atoms with Gasteiger partial charge in [-0.15, -0.1) is 23.1 Å². The molecule has 1 aliphatic rings. The lowest BCUT2D eigenvalue weighted by molar-refractivity contribution is -0.130. The van der Waals surface area contributed by atoms with Crippen LogP contribution in [0.2, 0.25) is 5.02 Å². The highest BCUT2D eigenvalue weighted by Gasteiger charge is 2.22. The minimum atomic E-state index is -0.262. The highest BCUT2D eigenvalue weighted by molar-refractivity contribution is 8.00. The summed E-state index contributed by atoms with van der Waals surface area (Å²) in [5, 5.41) is 3.87. The fraction of sp³-hybridized carbons (Fsp3) is 0.273. The molecule has 4 rings (SSSR count). The first-order chi connectivity index (χ1) is 14.6. The lowest BCUT2D eigenvalue weighted by Crippen LogP contribution is -2.48. The standard InChI is InChI=1S/C22H21ClFN3OS2/c23-17-3-1-16(2-4-17)20-14-30-21(25-20)13-26-9-11-27(12-10-26)22(28)15-29-19-7-5-18(24)6-8-19/h1-8,14H,9-13,15H2. The Bertz CT molecular complexity index is 986. The SMILES string of the molecule is O=C(CSc1ccc(F)cc1)N1CCN(Cc2nc(-c3ccc(Cl)cc3)cs2)CC1. The molecule has 1 aromatic heterocycles. The van der Waals surface area contributed by atoms with Crippen LogP contribution in [-0.4, -0.2) is 52.6 Å². The van der Waals surface area contributed by atoms with Crippen molar-refractivity contribution in [1.29, 1.82) is 0 Å². The van der Waals surface area contributed by atoms with E-state index in [1.54, 1.807) is 23.5 Å². The predicted molar refractivity (Wildman–Crippen MR) is 122 cm³/mol. The number of benzene rings is 2. The maximum Gasteiger partial charge on any atom is 0.233 e. The summed E-state index contributed by atoms with van der Waals surface area (Å²) in [4.78, 5) is 22.4. The first-order valence-electron chi connectivity index (χ1n) is 9.66. The van der Waals surface area contributed by atoms with Gasteiger partial charge in [-0.05, 0) is 36.4 Å². The minimum absolute atomic E-state index is 0.128. The Labute approximate surface area is 188 Å². The van der Waals surface area contributed by atoms with E-state index in [0.29, 0.717) is 5.75 Å². The van der Waals surface area contributed by atoms with Gasteiger partial charge in [0.1, 0.15) is 10.8 Å². The Morgan fingerprint density at radius 3 is 2.47 bits per heavy atom. The number of thioether (sulfide) groups is 1. The summed E-state index contributed by atoms with van der Waals surface area (Å²) in [6.45, 7) is 3.91. The topological polar surface area (TPSA) is 36.4 Å². The van der Waals surface area contributed by atoms with Crippen molar-refractivity contribution in [3.05, 3.63) is 69.8 Å². The van der Waals surface area contributed by atoms with Crippen LogP contribution >= 0.6 is 34.7 Å². The second-order valence-corrected chi connectivity index (χ2v) is 9.46. The summed E-state index contributed by atoms with van der Waals surface area (Å²) in [7, 11) is 0. The van der Waals surface area contributed by atoms with Crippen LogP contribution < -0.4 is 0 Å². The Morgan fingerprint density at radius 2 is 1.77 bits per heavy atom. The number of piperazine rings is 1. The molecular weight excluding hydrogens is 441 g/mol. The van der Waals surface area contributed by atoms with Gasteiger partial charge in [0, 0.05) is 47.0 Å². The van der Waals surface area contributed by atoms with E-state index in [1.165, 1.54) is 23.9 Å². The van der Waals surface area contributed by atoms with E-state index >= 15 is 0 Å². The Morgan fingerprint density at radius 1 is 1.07 bits per heavy atom. The van der Waals surface area contributed by atoms with E-state index in [9.17, 15) is 9.18 Å². The zero-order chi connectivity index (χ0) is 20.9. The first kappa shape index (κ1) is 21.3. The number of rotatable bonds is 6. The first-order valence-corrected chi connectivity index (χ1v) is 11.9. The molecule has 0 unspecified atom stereocenters. The van der Waals surface area contributed by atoms with Crippen molar-refractivity contribution >= 4 is 40.6 Å². The van der Waals surface area contributed by atoms with Gasteiger partial charge in [-0.2, -0.15) is 0 Å². The van der Waals surface area contributed by atoms with E-state index in [0.717, 1.165) is 58.9 Å². The van der Waals surface area contributed by atoms with E-state index in [-0.39, 0.29) is 11.7 Å². The third-order valence-electron chi connectivity index (χ3n) is 4.95. The molecule has 1 amide bonds. The van der Waals surface area contributed by atoms with Crippen LogP contribution in [0.15, 0.2) is 58.8 Å². The summed E-state index contributed by atoms with van der Waals surface area (Å²) in [6.07, 6.45) is 0. The molecule has 3 aromatic rings. The number of hydrogen-bond donors (Lipinski definition) is 0. The Balaban J connectivity index is 1.24. The second kappa shape index (κ2) is 9.92. The molecular formula is C22H21ClFN3OS2. The maximum atomic E-state index is 13.0. The van der Waals surface area contributed by atoms with Gasteiger partial charge in [0.15, 0.2) is 0 Å². The molecule has 0 saturated carbocycles. The van der Waals surface area contributed by atoms with Gasteiger partial charge in [-0.1, -0.05) is 23.7 Å². The zero-order valence-corrected chi connectivity index (χ0v) is 18.7. The molecule has 0 aliphatic carbocycles. The second-order valence-electron chi connectivity index (χ2n) is 7.03. The normalized spacial score (nSPS) is 14.8. The van der Waals surface area contributed by atoms with E-state index in [2.05, 4.69) is 10.3 Å². The Kier molecular flexibility index (Phi) is 7.04. The number of halogens is 2. The van der Waals surface area contributed by atoms with Gasteiger partial charge >= 0.3 is 0 Å². The summed E-state index contributed by atoms with van der Waals surface area (Å²) < 4.78 is 13.0. The molecule has 1 fully saturated rings. The summed E-state index contributed by atoms with van der Waals surface area (Å²) in [6, 6.07) is 14.0. The molecule has 156 valence electrons. The van der Waals surface area contributed by atoms with Crippen LogP contribution in [0, 0.1) is 5.82 Å². The molecule has 0 bridgehead atoms. The van der Waals surface area contributed by atoms with Crippen molar-refractivity contribution < 1.29 is 9.18 Å². The lowest BCUT2D eigenvalue weighted by Gasteiger charge is -2.34. The lowest BCUT2D eigenvalue weighted by atomic mass is 10.2. The average molecular weight is 462 g/mol. The third-order valence-corrected chi connectivity index (χ3v) is 7.03. The van der Waals surface area contributed by atoms with Crippen LogP contribution in [0.3, 0.4) is 0 Å². The summed E-state index contributed by atoms with van der Waals surface area (Å²) in [5.74, 6) is 0.244. The number of nitrogens with zero attached hydrogens (tertiary/aromatic N) is 3. The number of aromatic nitrogens is 1. The van der Waals surface area contributed by atoms with E-state index in [1.807, 2.05) is 29.2 Å². The van der Waals surface area contributed by atoms with Crippen molar-refractivity contribution in [2.45, 2.75) is 11.4 Å². The van der Waals surface area contributed by atoms with Crippen LogP contribution in [0.25, 0.3) is 11.3 Å². The third kappa shape index (κ3) is 5.60. The molecule has 1 saturated heterocycles. The molecule has 0 spiro atoms. The average Bonchev–Trinajstić information content (AvgIpc) is 3.22. The van der Waals surface area contributed by atoms with Gasteiger partial charge in [0.2, 0.25) is 5.91 Å². The number of thiazole rings is 1. The number of carbonyl (C=O) groups is 1. The zero-order valence-electron chi connectivity index (χ0n) is 16.3. The number of hydrogen-bond acceptors (Lipinski definition) is 5. The Hall–Kier alpha value is -1.93. The molecule has 0 radical (unpaired) electrons. The van der Waals surface area contributed by atoms with Crippen molar-refractivity contribution in [3.8, 4) is 11.3 Å². The smallest absolute Gasteiger partial charge is 0.233 e. The van der Waals surface area contributed by atoms with Crippen LogP contribution in [0.5, 0.6) is 0 Å². The van der Waals surface area contributed by atoms with Crippen LogP contribution in [0.4, 0.5) is 4.39 Å². The monoisotopic (exact) mass is 461 g/mol. The summed E-state index contributed by atoms with van der Waals surface area (Å²) in [5.41, 5.74) is 2.04. The molecule has 2 heterocycles. The molecule has 4 nitrogen and oxygen atoms in total. The van der Waals surface area contributed by atoms with Crippen LogP contribution in [0.1, 0.15) is 5.01 Å². The van der Waals surface area contributed by atoms with E-state index < -0.39 is 0 Å².